The molecule has 5 aromatic rings. The van der Waals surface area contributed by atoms with Gasteiger partial charge in [0.2, 0.25) is 5.91 Å². The summed E-state index contributed by atoms with van der Waals surface area (Å²) in [4.78, 5) is 37.6. The highest BCUT2D eigenvalue weighted by molar-refractivity contribution is 6.31. The molecule has 10 nitrogen and oxygen atoms in total. The molecule has 2 aromatic carbocycles. The minimum absolute atomic E-state index is 0.0109. The lowest BCUT2D eigenvalue weighted by atomic mass is 9.77. The predicted molar refractivity (Wildman–Crippen MR) is 151 cm³/mol. The van der Waals surface area contributed by atoms with Gasteiger partial charge in [0, 0.05) is 23.0 Å². The van der Waals surface area contributed by atoms with Crippen molar-refractivity contribution in [1.82, 2.24) is 24.7 Å². The first-order valence-electron chi connectivity index (χ1n) is 12.7. The first-order valence-corrected chi connectivity index (χ1v) is 13.1. The number of anilines is 2. The summed E-state index contributed by atoms with van der Waals surface area (Å²) in [6, 6.07) is 15.2. The number of hydrogen-bond acceptors (Lipinski definition) is 7. The van der Waals surface area contributed by atoms with Crippen LogP contribution in [0.2, 0.25) is 5.02 Å². The first kappa shape index (κ1) is 26.3. The highest BCUT2D eigenvalue weighted by Gasteiger charge is 2.47. The Hall–Kier alpha value is -4.90. The fraction of sp³-hybridized carbons (Fsp3) is 0.172. The molecule has 4 N–H and O–H groups in total. The van der Waals surface area contributed by atoms with Gasteiger partial charge in [0.05, 0.1) is 23.3 Å². The Morgan fingerprint density at radius 3 is 2.68 bits per heavy atom. The number of fused-ring (bicyclic) bond motifs is 2. The number of carbonyl (C=O) groups excluding carboxylic acids is 1. The summed E-state index contributed by atoms with van der Waals surface area (Å²) in [6.07, 6.45) is 1.89. The molecular weight excluding hydrogens is 549 g/mol. The van der Waals surface area contributed by atoms with Crippen molar-refractivity contribution in [2.75, 3.05) is 11.1 Å². The topological polar surface area (TPSA) is 149 Å². The fourth-order valence-corrected chi connectivity index (χ4v) is 5.32. The Morgan fingerprint density at radius 2 is 1.95 bits per heavy atom. The number of pyridine rings is 1. The number of nitrogens with two attached hydrogens (primary N) is 1. The van der Waals surface area contributed by atoms with Gasteiger partial charge in [-0.25, -0.2) is 14.4 Å². The molecule has 0 saturated carbocycles. The number of aromatic nitrogens is 5. The molecule has 4 heterocycles. The normalized spacial score (nSPS) is 16.1. The Bertz CT molecular complexity index is 1860. The number of hydrogen-bond donors (Lipinski definition) is 3. The average molecular weight is 572 g/mol. The molecule has 41 heavy (non-hydrogen) atoms. The quantitative estimate of drug-likeness (QED) is 0.257. The molecule has 6 rings (SSSR count). The van der Waals surface area contributed by atoms with Crippen molar-refractivity contribution in [3.8, 4) is 11.5 Å². The second-order valence-electron chi connectivity index (χ2n) is 9.93. The van der Waals surface area contributed by atoms with Crippen LogP contribution in [0.15, 0.2) is 60.8 Å². The summed E-state index contributed by atoms with van der Waals surface area (Å²) in [5.74, 6) is -1.11. The van der Waals surface area contributed by atoms with Crippen molar-refractivity contribution in [3.63, 3.8) is 0 Å². The van der Waals surface area contributed by atoms with Crippen LogP contribution in [0.3, 0.4) is 0 Å². The number of benzene rings is 2. The van der Waals surface area contributed by atoms with Crippen molar-refractivity contribution >= 4 is 46.0 Å². The predicted octanol–water partition coefficient (Wildman–Crippen LogP) is 4.59. The van der Waals surface area contributed by atoms with E-state index in [9.17, 15) is 14.0 Å². The highest BCUT2D eigenvalue weighted by Crippen LogP contribution is 2.45. The third kappa shape index (κ3) is 4.53. The summed E-state index contributed by atoms with van der Waals surface area (Å²) in [7, 11) is 0. The van der Waals surface area contributed by atoms with Crippen molar-refractivity contribution in [3.05, 3.63) is 94.0 Å². The van der Waals surface area contributed by atoms with Gasteiger partial charge in [-0.2, -0.15) is 5.10 Å². The molecule has 0 unspecified atom stereocenters. The molecule has 1 aliphatic rings. The van der Waals surface area contributed by atoms with E-state index in [1.165, 1.54) is 18.3 Å². The monoisotopic (exact) mass is 571 g/mol. The third-order valence-corrected chi connectivity index (χ3v) is 7.58. The lowest BCUT2D eigenvalue weighted by molar-refractivity contribution is -0.137. The maximum Gasteiger partial charge on any atom is 0.303 e. The van der Waals surface area contributed by atoms with Crippen LogP contribution in [-0.4, -0.2) is 41.7 Å². The van der Waals surface area contributed by atoms with Crippen LogP contribution in [0, 0.1) is 5.82 Å². The number of carboxylic acids is 1. The average Bonchev–Trinajstić information content (AvgIpc) is 3.43. The van der Waals surface area contributed by atoms with Gasteiger partial charge in [0.15, 0.2) is 5.82 Å². The first-order chi connectivity index (χ1) is 19.6. The molecule has 0 saturated heterocycles. The molecule has 0 radical (unpaired) electrons. The number of carbonyl (C=O) groups is 2. The summed E-state index contributed by atoms with van der Waals surface area (Å²) in [5, 5.41) is 17.6. The minimum atomic E-state index is -1.17. The number of amides is 1. The summed E-state index contributed by atoms with van der Waals surface area (Å²) >= 11 is 6.27. The van der Waals surface area contributed by atoms with Crippen LogP contribution in [0.1, 0.15) is 35.7 Å². The van der Waals surface area contributed by atoms with Gasteiger partial charge in [-0.1, -0.05) is 35.9 Å². The molecule has 1 aliphatic heterocycles. The number of carboxylic acid groups (broad SMARTS) is 1. The van der Waals surface area contributed by atoms with Gasteiger partial charge in [-0.15, -0.1) is 0 Å². The van der Waals surface area contributed by atoms with Gasteiger partial charge >= 0.3 is 5.97 Å². The molecule has 3 aromatic heterocycles. The second kappa shape index (κ2) is 9.93. The van der Waals surface area contributed by atoms with E-state index in [0.29, 0.717) is 39.2 Å². The molecule has 1 atom stereocenters. The van der Waals surface area contributed by atoms with E-state index in [1.54, 1.807) is 54.1 Å². The Balaban J connectivity index is 1.41. The van der Waals surface area contributed by atoms with Crippen LogP contribution in [0.25, 0.3) is 22.4 Å². The molecule has 0 fully saturated rings. The van der Waals surface area contributed by atoms with Crippen LogP contribution >= 0.6 is 11.6 Å². The van der Waals surface area contributed by atoms with E-state index in [1.807, 2.05) is 0 Å². The van der Waals surface area contributed by atoms with Crippen molar-refractivity contribution in [2.45, 2.75) is 31.7 Å². The molecule has 206 valence electrons. The second-order valence-corrected chi connectivity index (χ2v) is 10.4. The number of nitrogens with zero attached hydrogens (tertiary/aromatic N) is 5. The van der Waals surface area contributed by atoms with Crippen molar-refractivity contribution in [2.24, 2.45) is 0 Å². The number of nitrogens with one attached hydrogen (secondary N) is 1. The van der Waals surface area contributed by atoms with Crippen molar-refractivity contribution < 1.29 is 19.1 Å². The van der Waals surface area contributed by atoms with Crippen LogP contribution < -0.4 is 11.1 Å². The van der Waals surface area contributed by atoms with E-state index >= 15 is 0 Å². The molecule has 0 aliphatic carbocycles. The fourth-order valence-electron chi connectivity index (χ4n) is 5.15. The van der Waals surface area contributed by atoms with Gasteiger partial charge < -0.3 is 16.2 Å². The zero-order valence-electron chi connectivity index (χ0n) is 21.7. The van der Waals surface area contributed by atoms with Gasteiger partial charge in [0.1, 0.15) is 28.6 Å². The summed E-state index contributed by atoms with van der Waals surface area (Å²) < 4.78 is 16.0. The number of halogens is 2. The SMILES string of the molecule is C[C@@]1(c2ccc(CCC(=O)O)cc2)C(=O)Nc2nc(-c3nn(Cc4ncccc4F)c4cc(Cl)ccc34)nc(N)c21. The number of aliphatic carboxylic acids is 1. The third-order valence-electron chi connectivity index (χ3n) is 7.34. The van der Waals surface area contributed by atoms with Gasteiger partial charge in [-0.3, -0.25) is 19.3 Å². The molecule has 0 bridgehead atoms. The summed E-state index contributed by atoms with van der Waals surface area (Å²) in [5.41, 5.74) is 8.47. The maximum atomic E-state index is 14.4. The highest BCUT2D eigenvalue weighted by atomic mass is 35.5. The standard InChI is InChI=1S/C29H23ClFN7O3/c1-29(16-7-4-15(5-8-16)6-11-22(39)40)23-25(32)34-27(35-26(23)36-28(29)41)24-18-10-9-17(30)13-21(18)38(37-24)14-20-19(31)3-2-12-33-20/h2-5,7-10,12-13H,6,11,14H2,1H3,(H,39,40)(H3,32,34,35,36,41)/t29-/m0/s1. The van der Waals surface area contributed by atoms with E-state index in [2.05, 4.69) is 25.4 Å². The zero-order chi connectivity index (χ0) is 28.9. The zero-order valence-corrected chi connectivity index (χ0v) is 22.5. The van der Waals surface area contributed by atoms with E-state index in [0.717, 1.165) is 5.56 Å². The lowest BCUT2D eigenvalue weighted by Gasteiger charge is -2.23. The van der Waals surface area contributed by atoms with E-state index in [-0.39, 0.29) is 42.0 Å². The number of aryl methyl sites for hydroxylation is 1. The van der Waals surface area contributed by atoms with E-state index < -0.39 is 17.2 Å². The Kier molecular flexibility index (Phi) is 6.38. The molecule has 1 amide bonds. The van der Waals surface area contributed by atoms with Gasteiger partial charge in [-0.05, 0) is 54.8 Å². The molecule has 0 spiro atoms. The van der Waals surface area contributed by atoms with Crippen LogP contribution in [-0.2, 0) is 28.0 Å². The number of nitrogen functional groups attached to an aromatic ring is 1. The molecule has 12 heteroatoms. The van der Waals surface area contributed by atoms with E-state index in [4.69, 9.17) is 22.4 Å². The minimum Gasteiger partial charge on any atom is -0.481 e. The van der Waals surface area contributed by atoms with Crippen LogP contribution in [0.4, 0.5) is 16.0 Å². The largest absolute Gasteiger partial charge is 0.481 e. The number of rotatable bonds is 7. The Labute approximate surface area is 238 Å². The van der Waals surface area contributed by atoms with Crippen LogP contribution in [0.5, 0.6) is 0 Å². The Morgan fingerprint density at radius 1 is 1.17 bits per heavy atom. The summed E-state index contributed by atoms with van der Waals surface area (Å²) in [6.45, 7) is 1.79. The van der Waals surface area contributed by atoms with Gasteiger partial charge in [0.25, 0.3) is 0 Å². The lowest BCUT2D eigenvalue weighted by Crippen LogP contribution is -2.33. The maximum absolute atomic E-state index is 14.4. The van der Waals surface area contributed by atoms with Crippen molar-refractivity contribution in [1.29, 1.82) is 0 Å². The molecular formula is C29H23ClFN7O3. The smallest absolute Gasteiger partial charge is 0.303 e.